The molecule has 5 fully saturated rings. The van der Waals surface area contributed by atoms with Gasteiger partial charge in [-0.25, -0.2) is 8.42 Å². The van der Waals surface area contributed by atoms with Gasteiger partial charge >= 0.3 is 0 Å². The zero-order chi connectivity index (χ0) is 21.3. The topological polar surface area (TPSA) is 57.7 Å². The van der Waals surface area contributed by atoms with Crippen molar-refractivity contribution in [2.45, 2.75) is 61.6 Å². The lowest BCUT2D eigenvalue weighted by atomic mass is 9.49. The van der Waals surface area contributed by atoms with E-state index in [1.165, 1.54) is 19.3 Å². The van der Waals surface area contributed by atoms with Crippen LogP contribution in [0, 0.1) is 31.1 Å². The second-order valence-corrected chi connectivity index (χ2v) is 13.9. The van der Waals surface area contributed by atoms with Crippen LogP contribution in [-0.2, 0) is 14.8 Å². The maximum Gasteiger partial charge on any atom is 0.243 e. The number of halogens is 1. The molecule has 0 spiro atoms. The lowest BCUT2D eigenvalue weighted by molar-refractivity contribution is -0.156. The van der Waals surface area contributed by atoms with Crippen LogP contribution < -0.4 is 0 Å². The average molecular weight is 495 g/mol. The van der Waals surface area contributed by atoms with Crippen LogP contribution in [0.3, 0.4) is 0 Å². The van der Waals surface area contributed by atoms with Crippen molar-refractivity contribution in [2.24, 2.45) is 17.3 Å². The average Bonchev–Trinajstić information content (AvgIpc) is 2.65. The van der Waals surface area contributed by atoms with Gasteiger partial charge in [0.1, 0.15) is 0 Å². The number of nitrogens with zero attached hydrogens (tertiary/aromatic N) is 2. The van der Waals surface area contributed by atoms with Crippen molar-refractivity contribution in [3.8, 4) is 0 Å². The van der Waals surface area contributed by atoms with Gasteiger partial charge in [-0.15, -0.1) is 0 Å². The predicted molar refractivity (Wildman–Crippen MR) is 120 cm³/mol. The number of carbonyl (C=O) groups excluding carboxylic acids is 1. The summed E-state index contributed by atoms with van der Waals surface area (Å²) in [4.78, 5) is 16.0. The van der Waals surface area contributed by atoms with E-state index in [2.05, 4.69) is 15.9 Å². The van der Waals surface area contributed by atoms with Crippen molar-refractivity contribution >= 4 is 31.9 Å². The van der Waals surface area contributed by atoms with Gasteiger partial charge in [-0.1, -0.05) is 33.6 Å². The summed E-state index contributed by atoms with van der Waals surface area (Å²) in [5, 5.41) is 0. The van der Waals surface area contributed by atoms with Gasteiger partial charge in [0.15, 0.2) is 0 Å². The van der Waals surface area contributed by atoms with E-state index in [0.29, 0.717) is 42.9 Å². The van der Waals surface area contributed by atoms with E-state index < -0.39 is 10.0 Å². The molecule has 1 aromatic rings. The molecule has 4 saturated carbocycles. The first-order valence-corrected chi connectivity index (χ1v) is 13.4. The first-order chi connectivity index (χ1) is 14.1. The van der Waals surface area contributed by atoms with E-state index in [0.717, 1.165) is 30.4 Å². The van der Waals surface area contributed by atoms with E-state index >= 15 is 0 Å². The number of piperazine rings is 1. The van der Waals surface area contributed by atoms with Gasteiger partial charge in [0.25, 0.3) is 0 Å². The molecule has 6 rings (SSSR count). The van der Waals surface area contributed by atoms with Gasteiger partial charge in [-0.3, -0.25) is 4.79 Å². The molecule has 1 saturated heterocycles. The lowest BCUT2D eigenvalue weighted by Crippen LogP contribution is -2.61. The molecule has 7 heteroatoms. The van der Waals surface area contributed by atoms with E-state index in [1.807, 2.05) is 30.9 Å². The van der Waals surface area contributed by atoms with Crippen molar-refractivity contribution < 1.29 is 13.2 Å². The minimum atomic E-state index is -3.53. The molecule has 1 aromatic carbocycles. The van der Waals surface area contributed by atoms with Crippen LogP contribution in [0.15, 0.2) is 23.1 Å². The molecule has 2 atom stereocenters. The minimum Gasteiger partial charge on any atom is -0.340 e. The highest BCUT2D eigenvalue weighted by molar-refractivity contribution is 9.10. The van der Waals surface area contributed by atoms with Gasteiger partial charge in [0.05, 0.1) is 10.3 Å². The van der Waals surface area contributed by atoms with Crippen LogP contribution >= 0.6 is 15.9 Å². The smallest absolute Gasteiger partial charge is 0.243 e. The van der Waals surface area contributed by atoms with Gasteiger partial charge in [0.2, 0.25) is 15.9 Å². The quantitative estimate of drug-likeness (QED) is 0.599. The first-order valence-electron chi connectivity index (χ1n) is 11.2. The molecule has 0 N–H and O–H groups in total. The largest absolute Gasteiger partial charge is 0.340 e. The highest BCUT2D eigenvalue weighted by Crippen LogP contribution is 2.64. The van der Waals surface area contributed by atoms with Crippen molar-refractivity contribution in [1.82, 2.24) is 9.21 Å². The Labute approximate surface area is 188 Å². The molecule has 2 unspecified atom stereocenters. The monoisotopic (exact) mass is 494 g/mol. The molecule has 30 heavy (non-hydrogen) atoms. The van der Waals surface area contributed by atoms with E-state index in [1.54, 1.807) is 10.4 Å². The van der Waals surface area contributed by atoms with E-state index in [-0.39, 0.29) is 15.6 Å². The number of hydrogen-bond acceptors (Lipinski definition) is 3. The number of alkyl halides is 1. The maximum atomic E-state index is 13.6. The summed E-state index contributed by atoms with van der Waals surface area (Å²) in [7, 11) is -3.53. The van der Waals surface area contributed by atoms with E-state index in [4.69, 9.17) is 0 Å². The summed E-state index contributed by atoms with van der Waals surface area (Å²) in [5.74, 6) is 1.62. The van der Waals surface area contributed by atoms with Crippen molar-refractivity contribution in [1.29, 1.82) is 0 Å². The highest BCUT2D eigenvalue weighted by Gasteiger charge is 2.60. The second kappa shape index (κ2) is 7.04. The number of aryl methyl sites for hydroxylation is 2. The third-order valence-electron chi connectivity index (χ3n) is 7.92. The molecular weight excluding hydrogens is 464 g/mol. The summed E-state index contributed by atoms with van der Waals surface area (Å²) in [6, 6.07) is 5.47. The van der Waals surface area contributed by atoms with Crippen LogP contribution in [0.5, 0.6) is 0 Å². The Morgan fingerprint density at radius 2 is 1.67 bits per heavy atom. The summed E-state index contributed by atoms with van der Waals surface area (Å²) >= 11 is 4.00. The molecule has 4 aliphatic carbocycles. The van der Waals surface area contributed by atoms with Gasteiger partial charge in [-0.05, 0) is 75.8 Å². The fraction of sp³-hybridized carbons (Fsp3) is 0.696. The predicted octanol–water partition coefficient (Wildman–Crippen LogP) is 3.87. The maximum absolute atomic E-state index is 13.6. The molecule has 1 amide bonds. The molecule has 1 heterocycles. The van der Waals surface area contributed by atoms with E-state index in [9.17, 15) is 13.2 Å². The van der Waals surface area contributed by atoms with Crippen LogP contribution in [0.2, 0.25) is 0 Å². The Balaban J connectivity index is 1.30. The summed E-state index contributed by atoms with van der Waals surface area (Å²) in [6.45, 7) is 5.57. The van der Waals surface area contributed by atoms with Crippen LogP contribution in [-0.4, -0.2) is 54.0 Å². The fourth-order valence-electron chi connectivity index (χ4n) is 7.10. The summed E-state index contributed by atoms with van der Waals surface area (Å²) < 4.78 is 28.1. The summed E-state index contributed by atoms with van der Waals surface area (Å²) in [6.07, 6.45) is 6.70. The Hall–Kier alpha value is -0.920. The standard InChI is InChI=1S/C23H31BrN2O3S/c1-16-3-4-20(17(2)9-16)30(28,29)26-7-5-25(6-8-26)21(27)22-11-18-10-19(12-22)14-23(24,13-18)15-22/h3-4,9,18-19H,5-8,10-15H2,1-2H3. The second-order valence-electron chi connectivity index (χ2n) is 10.4. The van der Waals surface area contributed by atoms with Gasteiger partial charge in [-0.2, -0.15) is 4.31 Å². The van der Waals surface area contributed by atoms with Crippen LogP contribution in [0.25, 0.3) is 0 Å². The van der Waals surface area contributed by atoms with Crippen LogP contribution in [0.1, 0.15) is 49.7 Å². The Kier molecular flexibility index (Phi) is 4.92. The SMILES string of the molecule is Cc1ccc(S(=O)(=O)N2CCN(C(=O)C34CC5CC(CC(Br)(C5)C3)C4)CC2)c(C)c1. The molecular formula is C23H31BrN2O3S. The normalized spacial score (nSPS) is 36.3. The number of hydrogen-bond donors (Lipinski definition) is 0. The zero-order valence-corrected chi connectivity index (χ0v) is 20.3. The lowest BCUT2D eigenvalue weighted by Gasteiger charge is -2.60. The molecule has 164 valence electrons. The number of amides is 1. The molecule has 5 aliphatic rings. The third kappa shape index (κ3) is 3.36. The van der Waals surface area contributed by atoms with Crippen molar-refractivity contribution in [2.75, 3.05) is 26.2 Å². The molecule has 5 nitrogen and oxygen atoms in total. The third-order valence-corrected chi connectivity index (χ3v) is 10.9. The molecule has 1 aliphatic heterocycles. The fourth-order valence-corrected chi connectivity index (χ4v) is 10.2. The minimum absolute atomic E-state index is 0.154. The number of carbonyl (C=O) groups is 1. The van der Waals surface area contributed by atoms with Crippen LogP contribution in [0.4, 0.5) is 0 Å². The van der Waals surface area contributed by atoms with Crippen molar-refractivity contribution in [3.05, 3.63) is 29.3 Å². The Morgan fingerprint density at radius 3 is 2.23 bits per heavy atom. The zero-order valence-electron chi connectivity index (χ0n) is 17.9. The van der Waals surface area contributed by atoms with Gasteiger partial charge < -0.3 is 4.90 Å². The molecule has 4 bridgehead atoms. The highest BCUT2D eigenvalue weighted by atomic mass is 79.9. The number of rotatable bonds is 3. The summed E-state index contributed by atoms with van der Waals surface area (Å²) in [5.41, 5.74) is 1.62. The van der Waals surface area contributed by atoms with Crippen molar-refractivity contribution in [3.63, 3.8) is 0 Å². The van der Waals surface area contributed by atoms with Gasteiger partial charge in [0, 0.05) is 30.5 Å². The number of sulfonamides is 1. The first kappa shape index (κ1) is 21.0. The molecule has 0 radical (unpaired) electrons. The number of benzene rings is 1. The Bertz CT molecular complexity index is 970. The molecule has 0 aromatic heterocycles. The Morgan fingerprint density at radius 1 is 1.03 bits per heavy atom.